The van der Waals surface area contributed by atoms with Gasteiger partial charge in [0.25, 0.3) is 0 Å². The maximum absolute atomic E-state index is 11.0. The van der Waals surface area contributed by atoms with Crippen molar-refractivity contribution in [1.82, 2.24) is 0 Å². The third-order valence-electron chi connectivity index (χ3n) is 2.92. The van der Waals surface area contributed by atoms with Crippen LogP contribution in [-0.2, 0) is 15.4 Å². The highest BCUT2D eigenvalue weighted by Gasteiger charge is 2.25. The van der Waals surface area contributed by atoms with E-state index >= 15 is 0 Å². The number of aliphatic hydroxyl groups is 1. The topological polar surface area (TPSA) is 80.4 Å². The van der Waals surface area contributed by atoms with Gasteiger partial charge < -0.3 is 10.8 Å². The van der Waals surface area contributed by atoms with Crippen LogP contribution >= 0.6 is 11.8 Å². The zero-order valence-corrected chi connectivity index (χ0v) is 12.7. The van der Waals surface area contributed by atoms with Crippen molar-refractivity contribution in [1.29, 1.82) is 0 Å². The summed E-state index contributed by atoms with van der Waals surface area (Å²) in [5.74, 6) is 1.47. The summed E-state index contributed by atoms with van der Waals surface area (Å²) in [6.45, 7) is -0.121. The highest BCUT2D eigenvalue weighted by molar-refractivity contribution is 8.00. The summed E-state index contributed by atoms with van der Waals surface area (Å²) in [5.41, 5.74) is 6.36. The summed E-state index contributed by atoms with van der Waals surface area (Å²) < 4.78 is 22.0. The molecule has 0 radical (unpaired) electrons. The minimum atomic E-state index is -2.90. The SMILES string of the molecule is CS(=O)(=O)CCSCCC(N)(CO)c1ccccc1. The highest BCUT2D eigenvalue weighted by atomic mass is 32.2. The van der Waals surface area contributed by atoms with Gasteiger partial charge in [0.2, 0.25) is 0 Å². The summed E-state index contributed by atoms with van der Waals surface area (Å²) in [5, 5.41) is 9.49. The summed E-state index contributed by atoms with van der Waals surface area (Å²) in [4.78, 5) is 0. The molecule has 0 aliphatic carbocycles. The Balaban J connectivity index is 2.45. The van der Waals surface area contributed by atoms with Crippen LogP contribution in [0.15, 0.2) is 30.3 Å². The second kappa shape index (κ2) is 7.28. The third-order valence-corrected chi connectivity index (χ3v) is 5.11. The van der Waals surface area contributed by atoms with E-state index in [1.54, 1.807) is 11.8 Å². The van der Waals surface area contributed by atoms with E-state index in [2.05, 4.69) is 0 Å². The van der Waals surface area contributed by atoms with Crippen LogP contribution in [0.25, 0.3) is 0 Å². The number of rotatable bonds is 8. The monoisotopic (exact) mass is 303 g/mol. The fourth-order valence-corrected chi connectivity index (χ4v) is 4.05. The Hall–Kier alpha value is -0.560. The van der Waals surface area contributed by atoms with E-state index in [0.29, 0.717) is 12.2 Å². The van der Waals surface area contributed by atoms with Gasteiger partial charge in [-0.15, -0.1) is 0 Å². The normalized spacial score (nSPS) is 15.1. The molecule has 3 N–H and O–H groups in total. The van der Waals surface area contributed by atoms with E-state index in [4.69, 9.17) is 5.73 Å². The average Bonchev–Trinajstić information content (AvgIpc) is 2.38. The molecule has 0 saturated carbocycles. The van der Waals surface area contributed by atoms with Crippen LogP contribution in [0.3, 0.4) is 0 Å². The first-order chi connectivity index (χ1) is 8.87. The third kappa shape index (κ3) is 5.95. The zero-order chi connectivity index (χ0) is 14.4. The van der Waals surface area contributed by atoms with Crippen molar-refractivity contribution in [2.24, 2.45) is 5.73 Å². The molecule has 0 fully saturated rings. The van der Waals surface area contributed by atoms with Gasteiger partial charge in [0, 0.05) is 12.0 Å². The van der Waals surface area contributed by atoms with Crippen LogP contribution in [0.4, 0.5) is 0 Å². The number of benzene rings is 1. The molecule has 1 aromatic carbocycles. The molecule has 0 bridgehead atoms. The maximum Gasteiger partial charge on any atom is 0.148 e. The van der Waals surface area contributed by atoms with Gasteiger partial charge in [-0.25, -0.2) is 8.42 Å². The second-order valence-electron chi connectivity index (χ2n) is 4.67. The van der Waals surface area contributed by atoms with Crippen molar-refractivity contribution in [3.8, 4) is 0 Å². The Bertz CT molecular complexity index is 476. The lowest BCUT2D eigenvalue weighted by Gasteiger charge is -2.27. The number of aliphatic hydroxyl groups excluding tert-OH is 1. The predicted octanol–water partition coefficient (Wildman–Crippen LogP) is 1.00. The van der Waals surface area contributed by atoms with Gasteiger partial charge in [-0.05, 0) is 17.7 Å². The van der Waals surface area contributed by atoms with Crippen LogP contribution in [0.5, 0.6) is 0 Å². The van der Waals surface area contributed by atoms with E-state index in [9.17, 15) is 13.5 Å². The number of hydrogen-bond donors (Lipinski definition) is 2. The minimum absolute atomic E-state index is 0.121. The molecule has 0 aromatic heterocycles. The molecule has 0 spiro atoms. The molecule has 1 atom stereocenters. The van der Waals surface area contributed by atoms with Crippen LogP contribution in [-0.4, -0.2) is 43.6 Å². The van der Waals surface area contributed by atoms with Gasteiger partial charge >= 0.3 is 0 Å². The number of hydrogen-bond acceptors (Lipinski definition) is 5. The van der Waals surface area contributed by atoms with Crippen LogP contribution < -0.4 is 5.73 Å². The Labute approximate surface area is 119 Å². The van der Waals surface area contributed by atoms with Gasteiger partial charge in [0.15, 0.2) is 0 Å². The van der Waals surface area contributed by atoms with E-state index in [0.717, 1.165) is 11.3 Å². The van der Waals surface area contributed by atoms with Gasteiger partial charge in [0.1, 0.15) is 9.84 Å². The molecule has 0 aliphatic rings. The molecule has 0 aliphatic heterocycles. The van der Waals surface area contributed by atoms with Crippen molar-refractivity contribution >= 4 is 21.6 Å². The van der Waals surface area contributed by atoms with E-state index in [-0.39, 0.29) is 12.4 Å². The largest absolute Gasteiger partial charge is 0.394 e. The summed E-state index contributed by atoms with van der Waals surface area (Å²) >= 11 is 1.55. The quantitative estimate of drug-likeness (QED) is 0.700. The molecule has 0 heterocycles. The van der Waals surface area contributed by atoms with E-state index in [1.165, 1.54) is 6.26 Å². The van der Waals surface area contributed by atoms with Gasteiger partial charge in [-0.1, -0.05) is 30.3 Å². The lowest BCUT2D eigenvalue weighted by Crippen LogP contribution is -2.41. The van der Waals surface area contributed by atoms with Crippen molar-refractivity contribution < 1.29 is 13.5 Å². The zero-order valence-electron chi connectivity index (χ0n) is 11.1. The number of thioether (sulfide) groups is 1. The first-order valence-electron chi connectivity index (χ1n) is 6.08. The standard InChI is InChI=1S/C13H21NO3S2/c1-19(16,17)10-9-18-8-7-13(14,11-15)12-5-3-2-4-6-12/h2-6,15H,7-11,14H2,1H3. The van der Waals surface area contributed by atoms with Crippen molar-refractivity contribution in [2.45, 2.75) is 12.0 Å². The summed E-state index contributed by atoms with van der Waals surface area (Å²) in [7, 11) is -2.90. The fraction of sp³-hybridized carbons (Fsp3) is 0.538. The second-order valence-corrected chi connectivity index (χ2v) is 8.16. The Morgan fingerprint density at radius 3 is 2.42 bits per heavy atom. The molecule has 1 aromatic rings. The van der Waals surface area contributed by atoms with E-state index < -0.39 is 15.4 Å². The molecule has 6 heteroatoms. The Morgan fingerprint density at radius 1 is 1.26 bits per heavy atom. The van der Waals surface area contributed by atoms with Gasteiger partial charge in [-0.2, -0.15) is 11.8 Å². The molecule has 0 amide bonds. The molecule has 1 unspecified atom stereocenters. The molecule has 1 rings (SSSR count). The molecule has 19 heavy (non-hydrogen) atoms. The Morgan fingerprint density at radius 2 is 1.89 bits per heavy atom. The maximum atomic E-state index is 11.0. The van der Waals surface area contributed by atoms with Gasteiger partial charge in [0.05, 0.1) is 17.9 Å². The lowest BCUT2D eigenvalue weighted by molar-refractivity contribution is 0.193. The average molecular weight is 303 g/mol. The molecule has 108 valence electrons. The molecule has 0 saturated heterocycles. The summed E-state index contributed by atoms with van der Waals surface area (Å²) in [6, 6.07) is 9.49. The number of nitrogens with two attached hydrogens (primary N) is 1. The van der Waals surface area contributed by atoms with Crippen LogP contribution in [0, 0.1) is 0 Å². The first-order valence-corrected chi connectivity index (χ1v) is 9.30. The first kappa shape index (κ1) is 16.5. The Kier molecular flexibility index (Phi) is 6.32. The van der Waals surface area contributed by atoms with Crippen LogP contribution in [0.1, 0.15) is 12.0 Å². The van der Waals surface area contributed by atoms with Gasteiger partial charge in [-0.3, -0.25) is 0 Å². The summed E-state index contributed by atoms with van der Waals surface area (Å²) in [6.07, 6.45) is 1.85. The van der Waals surface area contributed by atoms with Crippen molar-refractivity contribution in [3.63, 3.8) is 0 Å². The van der Waals surface area contributed by atoms with Crippen LogP contribution in [0.2, 0.25) is 0 Å². The molecular weight excluding hydrogens is 282 g/mol. The molecule has 4 nitrogen and oxygen atoms in total. The van der Waals surface area contributed by atoms with Crippen molar-refractivity contribution in [2.75, 3.05) is 30.1 Å². The minimum Gasteiger partial charge on any atom is -0.394 e. The predicted molar refractivity (Wildman–Crippen MR) is 81.0 cm³/mol. The molecular formula is C13H21NO3S2. The van der Waals surface area contributed by atoms with Crippen molar-refractivity contribution in [3.05, 3.63) is 35.9 Å². The van der Waals surface area contributed by atoms with E-state index in [1.807, 2.05) is 30.3 Å². The fourth-order valence-electron chi connectivity index (χ4n) is 1.65. The smallest absolute Gasteiger partial charge is 0.148 e. The lowest BCUT2D eigenvalue weighted by atomic mass is 9.89. The highest BCUT2D eigenvalue weighted by Crippen LogP contribution is 2.23. The number of sulfone groups is 1.